The number of thiazole rings is 1. The van der Waals surface area contributed by atoms with Gasteiger partial charge < -0.3 is 10.1 Å². The molecule has 0 atom stereocenters. The summed E-state index contributed by atoms with van der Waals surface area (Å²) in [7, 11) is -3.72. The predicted molar refractivity (Wildman–Crippen MR) is 126 cm³/mol. The molecule has 0 aliphatic carbocycles. The van der Waals surface area contributed by atoms with E-state index in [-0.39, 0.29) is 4.90 Å². The summed E-state index contributed by atoms with van der Waals surface area (Å²) in [6, 6.07) is 23.3. The maximum absolute atomic E-state index is 12.4. The molecule has 1 aromatic heterocycles. The Morgan fingerprint density at radius 2 is 1.59 bits per heavy atom. The van der Waals surface area contributed by atoms with Crippen LogP contribution in [0.3, 0.4) is 0 Å². The van der Waals surface area contributed by atoms with E-state index < -0.39 is 21.5 Å². The molecular formula is C24H20N2O4S2. The molecule has 162 valence electrons. The van der Waals surface area contributed by atoms with E-state index in [4.69, 9.17) is 4.74 Å². The van der Waals surface area contributed by atoms with E-state index in [1.54, 1.807) is 17.5 Å². The van der Waals surface area contributed by atoms with Gasteiger partial charge in [0.1, 0.15) is 17.3 Å². The number of benzene rings is 3. The van der Waals surface area contributed by atoms with Crippen LogP contribution in [0.5, 0.6) is 11.5 Å². The molecule has 0 aliphatic heterocycles. The van der Waals surface area contributed by atoms with Gasteiger partial charge in [-0.3, -0.25) is 4.79 Å². The molecule has 0 radical (unpaired) electrons. The van der Waals surface area contributed by atoms with Crippen LogP contribution in [0.4, 0.5) is 5.13 Å². The number of sulfone groups is 1. The molecule has 1 N–H and O–H groups in total. The van der Waals surface area contributed by atoms with Crippen LogP contribution in [0.15, 0.2) is 89.1 Å². The lowest BCUT2D eigenvalue weighted by Crippen LogP contribution is -2.22. The molecule has 0 unspecified atom stereocenters. The Morgan fingerprint density at radius 1 is 0.938 bits per heavy atom. The highest BCUT2D eigenvalue weighted by molar-refractivity contribution is 7.92. The first-order valence-electron chi connectivity index (χ1n) is 9.77. The minimum Gasteiger partial charge on any atom is -0.457 e. The molecule has 8 heteroatoms. The highest BCUT2D eigenvalue weighted by atomic mass is 32.2. The third kappa shape index (κ3) is 5.40. The summed E-state index contributed by atoms with van der Waals surface area (Å²) in [6.07, 6.45) is 0. The van der Waals surface area contributed by atoms with Crippen molar-refractivity contribution in [3.05, 3.63) is 89.8 Å². The van der Waals surface area contributed by atoms with E-state index in [1.165, 1.54) is 23.5 Å². The van der Waals surface area contributed by atoms with Gasteiger partial charge in [-0.2, -0.15) is 0 Å². The number of ether oxygens (including phenoxy) is 1. The minimum absolute atomic E-state index is 0.121. The van der Waals surface area contributed by atoms with E-state index in [0.717, 1.165) is 16.9 Å². The fourth-order valence-corrected chi connectivity index (χ4v) is 4.81. The predicted octanol–water partition coefficient (Wildman–Crippen LogP) is 5.32. The monoisotopic (exact) mass is 464 g/mol. The zero-order chi connectivity index (χ0) is 22.6. The van der Waals surface area contributed by atoms with Gasteiger partial charge in [0.25, 0.3) is 0 Å². The molecule has 3 aromatic carbocycles. The fourth-order valence-electron chi connectivity index (χ4n) is 2.94. The number of hydrogen-bond donors (Lipinski definition) is 1. The van der Waals surface area contributed by atoms with Crippen molar-refractivity contribution in [3.8, 4) is 22.8 Å². The Bertz CT molecular complexity index is 1310. The Kier molecular flexibility index (Phi) is 6.34. The van der Waals surface area contributed by atoms with Gasteiger partial charge in [0, 0.05) is 10.9 Å². The van der Waals surface area contributed by atoms with E-state index in [9.17, 15) is 13.2 Å². The van der Waals surface area contributed by atoms with Crippen molar-refractivity contribution < 1.29 is 17.9 Å². The topological polar surface area (TPSA) is 85.4 Å². The van der Waals surface area contributed by atoms with Crippen molar-refractivity contribution in [2.24, 2.45) is 0 Å². The van der Waals surface area contributed by atoms with Crippen molar-refractivity contribution in [1.29, 1.82) is 0 Å². The van der Waals surface area contributed by atoms with Crippen molar-refractivity contribution in [3.63, 3.8) is 0 Å². The lowest BCUT2D eigenvalue weighted by molar-refractivity contribution is -0.113. The maximum Gasteiger partial charge on any atom is 0.241 e. The number of carbonyl (C=O) groups excluding carboxylic acids is 1. The van der Waals surface area contributed by atoms with Gasteiger partial charge in [-0.25, -0.2) is 13.4 Å². The Labute approximate surface area is 190 Å². The highest BCUT2D eigenvalue weighted by Gasteiger charge is 2.20. The summed E-state index contributed by atoms with van der Waals surface area (Å²) < 4.78 is 30.7. The summed E-state index contributed by atoms with van der Waals surface area (Å²) in [5.41, 5.74) is 2.48. The summed E-state index contributed by atoms with van der Waals surface area (Å²) in [5, 5.41) is 4.72. The van der Waals surface area contributed by atoms with E-state index in [2.05, 4.69) is 10.3 Å². The van der Waals surface area contributed by atoms with E-state index in [0.29, 0.717) is 16.6 Å². The highest BCUT2D eigenvalue weighted by Crippen LogP contribution is 2.28. The van der Waals surface area contributed by atoms with Crippen LogP contribution in [0.1, 0.15) is 5.56 Å². The molecule has 4 aromatic rings. The van der Waals surface area contributed by atoms with Crippen LogP contribution < -0.4 is 10.1 Å². The SMILES string of the molecule is Cc1ccc(S(=O)(=O)CC(=O)Nc2nc(-c3ccc(Oc4ccccc4)cc3)cs2)cc1. The largest absolute Gasteiger partial charge is 0.457 e. The molecule has 4 rings (SSSR count). The average molecular weight is 465 g/mol. The van der Waals surface area contributed by atoms with Crippen LogP contribution in [0, 0.1) is 6.92 Å². The lowest BCUT2D eigenvalue weighted by atomic mass is 10.2. The summed E-state index contributed by atoms with van der Waals surface area (Å²) >= 11 is 1.23. The molecule has 0 spiro atoms. The first kappa shape index (κ1) is 21.7. The molecule has 0 saturated heterocycles. The number of aromatic nitrogens is 1. The van der Waals surface area contributed by atoms with Crippen LogP contribution in [0.2, 0.25) is 0 Å². The summed E-state index contributed by atoms with van der Waals surface area (Å²) in [4.78, 5) is 16.8. The van der Waals surface area contributed by atoms with Gasteiger partial charge in [0.05, 0.1) is 10.6 Å². The molecule has 0 aliphatic rings. The number of nitrogens with zero attached hydrogens (tertiary/aromatic N) is 1. The molecule has 0 bridgehead atoms. The second-order valence-corrected chi connectivity index (χ2v) is 9.95. The van der Waals surface area contributed by atoms with Crippen molar-refractivity contribution in [2.45, 2.75) is 11.8 Å². The van der Waals surface area contributed by atoms with Crippen molar-refractivity contribution in [1.82, 2.24) is 4.98 Å². The van der Waals surface area contributed by atoms with Gasteiger partial charge in [0.15, 0.2) is 15.0 Å². The zero-order valence-electron chi connectivity index (χ0n) is 17.2. The molecule has 32 heavy (non-hydrogen) atoms. The molecule has 1 amide bonds. The molecule has 6 nitrogen and oxygen atoms in total. The summed E-state index contributed by atoms with van der Waals surface area (Å²) in [6.45, 7) is 1.87. The Balaban J connectivity index is 1.39. The van der Waals surface area contributed by atoms with Crippen LogP contribution >= 0.6 is 11.3 Å². The van der Waals surface area contributed by atoms with Crippen molar-refractivity contribution in [2.75, 3.05) is 11.1 Å². The fraction of sp³-hybridized carbons (Fsp3) is 0.0833. The van der Waals surface area contributed by atoms with Crippen molar-refractivity contribution >= 4 is 32.2 Å². The number of amides is 1. The first-order chi connectivity index (χ1) is 15.4. The minimum atomic E-state index is -3.72. The zero-order valence-corrected chi connectivity index (χ0v) is 18.8. The smallest absolute Gasteiger partial charge is 0.241 e. The molecular weight excluding hydrogens is 444 g/mol. The quantitative estimate of drug-likeness (QED) is 0.400. The first-order valence-corrected chi connectivity index (χ1v) is 12.3. The van der Waals surface area contributed by atoms with E-state index in [1.807, 2.05) is 61.5 Å². The maximum atomic E-state index is 12.4. The third-order valence-corrected chi connectivity index (χ3v) is 6.97. The van der Waals surface area contributed by atoms with Crippen LogP contribution in [-0.4, -0.2) is 25.1 Å². The number of rotatable bonds is 7. The average Bonchev–Trinajstić information content (AvgIpc) is 3.23. The van der Waals surface area contributed by atoms with E-state index >= 15 is 0 Å². The van der Waals surface area contributed by atoms with Gasteiger partial charge in [-0.15, -0.1) is 11.3 Å². The second-order valence-electron chi connectivity index (χ2n) is 7.10. The van der Waals surface area contributed by atoms with Crippen LogP contribution in [-0.2, 0) is 14.6 Å². The molecule has 0 saturated carbocycles. The van der Waals surface area contributed by atoms with Gasteiger partial charge >= 0.3 is 0 Å². The Morgan fingerprint density at radius 3 is 2.28 bits per heavy atom. The number of hydrogen-bond acceptors (Lipinski definition) is 6. The number of nitrogens with one attached hydrogen (secondary N) is 1. The Hall–Kier alpha value is -3.49. The lowest BCUT2D eigenvalue weighted by Gasteiger charge is -2.06. The van der Waals surface area contributed by atoms with Gasteiger partial charge in [-0.05, 0) is 55.5 Å². The number of carbonyl (C=O) groups is 1. The molecule has 1 heterocycles. The van der Waals surface area contributed by atoms with Gasteiger partial charge in [-0.1, -0.05) is 35.9 Å². The standard InChI is InChI=1S/C24H20N2O4S2/c1-17-7-13-21(14-8-17)32(28,29)16-23(27)26-24-25-22(15-31-24)18-9-11-20(12-10-18)30-19-5-3-2-4-6-19/h2-15H,16H2,1H3,(H,25,26,27). The molecule has 0 fully saturated rings. The number of anilines is 1. The second kappa shape index (κ2) is 9.33. The number of aryl methyl sites for hydroxylation is 1. The normalized spacial score (nSPS) is 11.2. The van der Waals surface area contributed by atoms with Gasteiger partial charge in [0.2, 0.25) is 5.91 Å². The number of para-hydroxylation sites is 1. The summed E-state index contributed by atoms with van der Waals surface area (Å²) in [5.74, 6) is 0.179. The third-order valence-electron chi connectivity index (χ3n) is 4.58. The van der Waals surface area contributed by atoms with Crippen LogP contribution in [0.25, 0.3) is 11.3 Å².